The van der Waals surface area contributed by atoms with E-state index in [1.807, 2.05) is 28.7 Å². The third-order valence-electron chi connectivity index (χ3n) is 14.6. The molecule has 0 radical (unpaired) electrons. The van der Waals surface area contributed by atoms with Crippen molar-refractivity contribution in [2.75, 3.05) is 0 Å². The molecule has 0 amide bonds. The smallest absolute Gasteiger partial charge is 0.143 e. The Morgan fingerprint density at radius 3 is 1.62 bits per heavy atom. The summed E-state index contributed by atoms with van der Waals surface area (Å²) in [6.07, 6.45) is 0. The zero-order valence-electron chi connectivity index (χ0n) is 36.3. The molecular formula is C64H34O2S2. The number of hydrogen-bond donors (Lipinski definition) is 0. The minimum absolute atomic E-state index is 0.878. The van der Waals surface area contributed by atoms with Crippen molar-refractivity contribution in [2.24, 2.45) is 0 Å². The highest BCUT2D eigenvalue weighted by molar-refractivity contribution is 7.26. The third kappa shape index (κ3) is 5.21. The summed E-state index contributed by atoms with van der Waals surface area (Å²) in [6.45, 7) is 0. The maximum atomic E-state index is 6.90. The van der Waals surface area contributed by atoms with Crippen molar-refractivity contribution < 1.29 is 8.83 Å². The molecule has 0 fully saturated rings. The van der Waals surface area contributed by atoms with E-state index < -0.39 is 0 Å². The van der Waals surface area contributed by atoms with Gasteiger partial charge in [-0.1, -0.05) is 115 Å². The zero-order valence-corrected chi connectivity index (χ0v) is 37.9. The second kappa shape index (κ2) is 13.6. The summed E-state index contributed by atoms with van der Waals surface area (Å²) in [5.74, 6) is 0. The highest BCUT2D eigenvalue weighted by Gasteiger charge is 2.21. The van der Waals surface area contributed by atoms with Crippen molar-refractivity contribution >= 4 is 150 Å². The van der Waals surface area contributed by atoms with Crippen LogP contribution in [0.3, 0.4) is 0 Å². The van der Waals surface area contributed by atoms with Crippen LogP contribution in [0.1, 0.15) is 0 Å². The van der Waals surface area contributed by atoms with Gasteiger partial charge >= 0.3 is 0 Å². The summed E-state index contributed by atoms with van der Waals surface area (Å²) in [7, 11) is 0. The van der Waals surface area contributed by atoms with Gasteiger partial charge in [-0.15, -0.1) is 22.7 Å². The van der Waals surface area contributed by atoms with Gasteiger partial charge < -0.3 is 8.83 Å². The first-order chi connectivity index (χ1) is 33.6. The fourth-order valence-corrected chi connectivity index (χ4v) is 13.6. The molecule has 2 nitrogen and oxygen atoms in total. The minimum Gasteiger partial charge on any atom is -0.456 e. The van der Waals surface area contributed by atoms with Gasteiger partial charge in [0, 0.05) is 67.5 Å². The molecule has 0 aliphatic carbocycles. The van der Waals surface area contributed by atoms with Crippen LogP contribution < -0.4 is 0 Å². The van der Waals surface area contributed by atoms with Gasteiger partial charge in [0.15, 0.2) is 0 Å². The molecule has 16 rings (SSSR count). The molecule has 16 aromatic rings. The Morgan fingerprint density at radius 1 is 0.235 bits per heavy atom. The van der Waals surface area contributed by atoms with Crippen molar-refractivity contribution in [3.05, 3.63) is 206 Å². The molecule has 0 aliphatic heterocycles. The van der Waals surface area contributed by atoms with Gasteiger partial charge in [-0.3, -0.25) is 0 Å². The molecule has 12 aromatic carbocycles. The van der Waals surface area contributed by atoms with Gasteiger partial charge in [-0.2, -0.15) is 0 Å². The SMILES string of the molecule is c1ccc2c(c1)cc(-c1cc(-c3ccc4c(c3)cc(-c3ccc5sc6ccccc6c5c3)c3cc5sc6ccccc6c5cc34)cc3c1oc1ccccc13)c1cc3oc4ccccc4c3cc12. The summed E-state index contributed by atoms with van der Waals surface area (Å²) in [5, 5.41) is 19.4. The molecule has 4 heteroatoms. The van der Waals surface area contributed by atoms with Crippen LogP contribution in [0.15, 0.2) is 215 Å². The average Bonchev–Trinajstić information content (AvgIpc) is 4.16. The molecular weight excluding hydrogens is 865 g/mol. The van der Waals surface area contributed by atoms with Crippen LogP contribution in [0, 0.1) is 0 Å². The first-order valence-corrected chi connectivity index (χ1v) is 24.7. The summed E-state index contributed by atoms with van der Waals surface area (Å²) in [6, 6.07) is 76.3. The Labute approximate surface area is 396 Å². The zero-order chi connectivity index (χ0) is 44.2. The summed E-state index contributed by atoms with van der Waals surface area (Å²) < 4.78 is 18.7. The van der Waals surface area contributed by atoms with Gasteiger partial charge in [-0.05, 0) is 162 Å². The van der Waals surface area contributed by atoms with E-state index in [9.17, 15) is 0 Å². The molecule has 0 saturated heterocycles. The van der Waals surface area contributed by atoms with E-state index in [4.69, 9.17) is 8.83 Å². The van der Waals surface area contributed by atoms with E-state index in [1.54, 1.807) is 0 Å². The quantitative estimate of drug-likeness (QED) is 0.165. The number of fused-ring (bicyclic) bond motifs is 18. The molecule has 0 N–H and O–H groups in total. The van der Waals surface area contributed by atoms with E-state index in [1.165, 1.54) is 89.2 Å². The van der Waals surface area contributed by atoms with E-state index >= 15 is 0 Å². The fraction of sp³-hybridized carbons (Fsp3) is 0. The minimum atomic E-state index is 0.878. The van der Waals surface area contributed by atoms with Crippen LogP contribution in [-0.4, -0.2) is 0 Å². The molecule has 68 heavy (non-hydrogen) atoms. The predicted octanol–water partition coefficient (Wildman–Crippen LogP) is 19.8. The molecule has 314 valence electrons. The highest BCUT2D eigenvalue weighted by Crippen LogP contribution is 2.48. The molecule has 0 aliphatic rings. The Hall–Kier alpha value is -8.28. The van der Waals surface area contributed by atoms with Crippen molar-refractivity contribution in [1.82, 2.24) is 0 Å². The average molecular weight is 899 g/mol. The molecule has 0 unspecified atom stereocenters. The maximum absolute atomic E-state index is 6.90. The van der Waals surface area contributed by atoms with Crippen molar-refractivity contribution in [1.29, 1.82) is 0 Å². The van der Waals surface area contributed by atoms with Gasteiger partial charge in [0.05, 0.1) is 0 Å². The largest absolute Gasteiger partial charge is 0.456 e. The van der Waals surface area contributed by atoms with E-state index in [-0.39, 0.29) is 0 Å². The van der Waals surface area contributed by atoms with Gasteiger partial charge in [-0.25, -0.2) is 0 Å². The highest BCUT2D eigenvalue weighted by atomic mass is 32.1. The molecule has 0 saturated carbocycles. The van der Waals surface area contributed by atoms with Crippen LogP contribution in [0.25, 0.3) is 161 Å². The Morgan fingerprint density at radius 2 is 0.809 bits per heavy atom. The summed E-state index contributed by atoms with van der Waals surface area (Å²) >= 11 is 3.75. The topological polar surface area (TPSA) is 26.3 Å². The number of furan rings is 2. The van der Waals surface area contributed by atoms with Crippen LogP contribution >= 0.6 is 22.7 Å². The van der Waals surface area contributed by atoms with Crippen molar-refractivity contribution in [3.63, 3.8) is 0 Å². The van der Waals surface area contributed by atoms with Crippen LogP contribution in [0.5, 0.6) is 0 Å². The number of hydrogen-bond acceptors (Lipinski definition) is 4. The number of rotatable bonds is 3. The molecule has 0 bridgehead atoms. The van der Waals surface area contributed by atoms with Crippen LogP contribution in [0.2, 0.25) is 0 Å². The Balaban J connectivity index is 0.975. The predicted molar refractivity (Wildman–Crippen MR) is 293 cm³/mol. The van der Waals surface area contributed by atoms with Gasteiger partial charge in [0.1, 0.15) is 22.3 Å². The lowest BCUT2D eigenvalue weighted by atomic mass is 9.88. The lowest BCUT2D eigenvalue weighted by Gasteiger charge is -2.15. The third-order valence-corrected chi connectivity index (χ3v) is 16.9. The number of thiophene rings is 2. The standard InChI is InChI=1S/C64H34O2S2/c1-2-12-40-36(11-1)26-47(50-33-59-52(31-48(40)50)42-13-3-7-17-57(42)65-59)56-29-38(28-55-43-14-4-8-18-58(43)66-64(55)56)35-21-23-41-39(25-35)30-46(37-22-24-62-53(27-37)44-15-5-9-19-60(44)67-62)51-34-63-54(32-49(41)51)45-16-6-10-20-61(45)68-63/h1-34H. The molecule has 0 atom stereocenters. The second-order valence-electron chi connectivity index (χ2n) is 18.3. The van der Waals surface area contributed by atoms with Crippen molar-refractivity contribution in [2.45, 2.75) is 0 Å². The van der Waals surface area contributed by atoms with Crippen LogP contribution in [-0.2, 0) is 0 Å². The van der Waals surface area contributed by atoms with E-state index in [0.717, 1.165) is 71.5 Å². The first-order valence-electron chi connectivity index (χ1n) is 23.1. The van der Waals surface area contributed by atoms with E-state index in [2.05, 4.69) is 200 Å². The summed E-state index contributed by atoms with van der Waals surface area (Å²) in [4.78, 5) is 0. The monoisotopic (exact) mass is 898 g/mol. The molecule has 0 spiro atoms. The Kier molecular flexibility index (Phi) is 7.40. The summed E-state index contributed by atoms with van der Waals surface area (Å²) in [5.41, 5.74) is 10.5. The molecule has 4 heterocycles. The normalized spacial score (nSPS) is 12.4. The number of para-hydroxylation sites is 2. The maximum Gasteiger partial charge on any atom is 0.143 e. The molecule has 4 aromatic heterocycles. The lowest BCUT2D eigenvalue weighted by molar-refractivity contribution is 0.669. The van der Waals surface area contributed by atoms with Crippen LogP contribution in [0.4, 0.5) is 0 Å². The van der Waals surface area contributed by atoms with Gasteiger partial charge in [0.2, 0.25) is 0 Å². The first kappa shape index (κ1) is 36.9. The number of benzene rings is 12. The van der Waals surface area contributed by atoms with Crippen molar-refractivity contribution in [3.8, 4) is 33.4 Å². The van der Waals surface area contributed by atoms with E-state index in [0.29, 0.717) is 0 Å². The fourth-order valence-electron chi connectivity index (χ4n) is 11.4. The lowest BCUT2D eigenvalue weighted by Crippen LogP contribution is -1.89. The Bertz CT molecular complexity index is 4860. The van der Waals surface area contributed by atoms with Gasteiger partial charge in [0.25, 0.3) is 0 Å². The second-order valence-corrected chi connectivity index (χ2v) is 20.5.